The first kappa shape index (κ1) is 20.9. The van der Waals surface area contributed by atoms with Gasteiger partial charge in [-0.25, -0.2) is 4.98 Å². The molecule has 152 valence electrons. The van der Waals surface area contributed by atoms with Crippen molar-refractivity contribution >= 4 is 28.6 Å². The summed E-state index contributed by atoms with van der Waals surface area (Å²) in [5.41, 5.74) is 0.723. The van der Waals surface area contributed by atoms with Crippen molar-refractivity contribution in [1.29, 1.82) is 0 Å². The monoisotopic (exact) mass is 401 g/mol. The van der Waals surface area contributed by atoms with E-state index in [1.807, 2.05) is 35.8 Å². The minimum atomic E-state index is 0.00151. The van der Waals surface area contributed by atoms with Crippen LogP contribution in [0.2, 0.25) is 0 Å². The van der Waals surface area contributed by atoms with Gasteiger partial charge in [-0.3, -0.25) is 14.2 Å². The summed E-state index contributed by atoms with van der Waals surface area (Å²) in [4.78, 5) is 30.3. The number of rotatable bonds is 8. The first-order chi connectivity index (χ1) is 13.5. The van der Waals surface area contributed by atoms with Crippen molar-refractivity contribution in [2.75, 3.05) is 5.75 Å². The summed E-state index contributed by atoms with van der Waals surface area (Å²) >= 11 is 1.38. The standard InChI is InChI=1S/C22H31N3O2S/c1-15(2)12-13-16(3)23-20(26)14-28-22-24-19-11-7-6-10-18(19)21(27)25(22)17-8-4-5-9-17/h6-7,10-11,15-17H,4-5,8-9,12-14H2,1-3H3,(H,23,26)/t16-/m0/s1. The van der Waals surface area contributed by atoms with Crippen LogP contribution in [-0.4, -0.2) is 27.3 Å². The summed E-state index contributed by atoms with van der Waals surface area (Å²) in [5, 5.41) is 4.40. The highest BCUT2D eigenvalue weighted by Crippen LogP contribution is 2.32. The molecule has 0 unspecified atom stereocenters. The smallest absolute Gasteiger partial charge is 0.262 e. The van der Waals surface area contributed by atoms with Gasteiger partial charge in [0.1, 0.15) is 0 Å². The molecule has 1 aromatic carbocycles. The number of aromatic nitrogens is 2. The van der Waals surface area contributed by atoms with Gasteiger partial charge in [0.25, 0.3) is 5.56 Å². The minimum absolute atomic E-state index is 0.00151. The molecule has 3 rings (SSSR count). The predicted octanol–water partition coefficient (Wildman–Crippen LogP) is 4.54. The Balaban J connectivity index is 1.75. The second-order valence-electron chi connectivity index (χ2n) is 8.25. The second kappa shape index (κ2) is 9.59. The lowest BCUT2D eigenvalue weighted by atomic mass is 10.0. The van der Waals surface area contributed by atoms with E-state index in [0.717, 1.165) is 38.5 Å². The number of fused-ring (bicyclic) bond motifs is 1. The molecule has 1 aromatic heterocycles. The lowest BCUT2D eigenvalue weighted by molar-refractivity contribution is -0.119. The Morgan fingerprint density at radius 2 is 1.93 bits per heavy atom. The molecule has 28 heavy (non-hydrogen) atoms. The molecule has 0 spiro atoms. The number of para-hydroxylation sites is 1. The molecule has 1 aliphatic carbocycles. The first-order valence-electron chi connectivity index (χ1n) is 10.4. The van der Waals surface area contributed by atoms with Crippen LogP contribution in [-0.2, 0) is 4.79 Å². The van der Waals surface area contributed by atoms with E-state index in [-0.39, 0.29) is 29.3 Å². The number of benzene rings is 1. The summed E-state index contributed by atoms with van der Waals surface area (Å²) in [6, 6.07) is 7.84. The molecule has 6 heteroatoms. The molecular weight excluding hydrogens is 370 g/mol. The predicted molar refractivity (Wildman–Crippen MR) is 116 cm³/mol. The van der Waals surface area contributed by atoms with Gasteiger partial charge in [0.2, 0.25) is 5.91 Å². The Kier molecular flexibility index (Phi) is 7.16. The Hall–Kier alpha value is -1.82. The number of hydrogen-bond donors (Lipinski definition) is 1. The van der Waals surface area contributed by atoms with Gasteiger partial charge < -0.3 is 5.32 Å². The molecule has 1 saturated carbocycles. The van der Waals surface area contributed by atoms with Crippen LogP contribution in [0.1, 0.15) is 65.3 Å². The van der Waals surface area contributed by atoms with Crippen LogP contribution in [0.15, 0.2) is 34.2 Å². The second-order valence-corrected chi connectivity index (χ2v) is 9.20. The quantitative estimate of drug-likeness (QED) is 0.521. The number of thioether (sulfide) groups is 1. The van der Waals surface area contributed by atoms with Crippen LogP contribution in [0, 0.1) is 5.92 Å². The van der Waals surface area contributed by atoms with E-state index >= 15 is 0 Å². The maximum absolute atomic E-state index is 13.1. The van der Waals surface area contributed by atoms with Gasteiger partial charge in [-0.1, -0.05) is 50.6 Å². The molecule has 1 amide bonds. The van der Waals surface area contributed by atoms with Crippen LogP contribution in [0.25, 0.3) is 10.9 Å². The van der Waals surface area contributed by atoms with E-state index in [9.17, 15) is 9.59 Å². The molecule has 1 fully saturated rings. The summed E-state index contributed by atoms with van der Waals surface area (Å²) < 4.78 is 1.84. The normalized spacial score (nSPS) is 16.0. The van der Waals surface area contributed by atoms with Gasteiger partial charge in [0.05, 0.1) is 16.7 Å². The minimum Gasteiger partial charge on any atom is -0.353 e. The third-order valence-electron chi connectivity index (χ3n) is 5.38. The molecule has 1 N–H and O–H groups in total. The fraction of sp³-hybridized carbons (Fsp3) is 0.591. The van der Waals surface area contributed by atoms with Crippen molar-refractivity contribution in [1.82, 2.24) is 14.9 Å². The third-order valence-corrected chi connectivity index (χ3v) is 6.33. The maximum atomic E-state index is 13.1. The number of carbonyl (C=O) groups excluding carboxylic acids is 1. The first-order valence-corrected chi connectivity index (χ1v) is 11.4. The highest BCUT2D eigenvalue weighted by molar-refractivity contribution is 7.99. The zero-order valence-electron chi connectivity index (χ0n) is 17.1. The molecular formula is C22H31N3O2S. The van der Waals surface area contributed by atoms with Crippen molar-refractivity contribution in [3.8, 4) is 0 Å². The molecule has 0 bridgehead atoms. The van der Waals surface area contributed by atoms with E-state index in [1.54, 1.807) is 0 Å². The number of amides is 1. The van der Waals surface area contributed by atoms with Gasteiger partial charge in [0.15, 0.2) is 5.16 Å². The SMILES string of the molecule is CC(C)CC[C@H](C)NC(=O)CSc1nc2ccccc2c(=O)n1C1CCCC1. The van der Waals surface area contributed by atoms with Crippen LogP contribution >= 0.6 is 11.8 Å². The maximum Gasteiger partial charge on any atom is 0.262 e. The Bertz CT molecular complexity index is 872. The van der Waals surface area contributed by atoms with E-state index < -0.39 is 0 Å². The number of carbonyl (C=O) groups is 1. The van der Waals surface area contributed by atoms with E-state index in [0.29, 0.717) is 22.0 Å². The van der Waals surface area contributed by atoms with Crippen molar-refractivity contribution in [3.05, 3.63) is 34.6 Å². The number of nitrogens with zero attached hydrogens (tertiary/aromatic N) is 2. The van der Waals surface area contributed by atoms with E-state index in [2.05, 4.69) is 19.2 Å². The van der Waals surface area contributed by atoms with Crippen LogP contribution < -0.4 is 10.9 Å². The lowest BCUT2D eigenvalue weighted by Gasteiger charge is -2.19. The van der Waals surface area contributed by atoms with E-state index in [1.165, 1.54) is 11.8 Å². The van der Waals surface area contributed by atoms with Gasteiger partial charge in [-0.05, 0) is 50.7 Å². The fourth-order valence-corrected chi connectivity index (χ4v) is 4.69. The zero-order chi connectivity index (χ0) is 20.1. The van der Waals surface area contributed by atoms with Crippen molar-refractivity contribution in [2.24, 2.45) is 5.92 Å². The molecule has 2 aromatic rings. The largest absolute Gasteiger partial charge is 0.353 e. The molecule has 0 aliphatic heterocycles. The lowest BCUT2D eigenvalue weighted by Crippen LogP contribution is -2.34. The number of nitrogens with one attached hydrogen (secondary N) is 1. The third kappa shape index (κ3) is 5.16. The van der Waals surface area contributed by atoms with Crippen LogP contribution in [0.4, 0.5) is 0 Å². The van der Waals surface area contributed by atoms with Crippen LogP contribution in [0.5, 0.6) is 0 Å². The van der Waals surface area contributed by atoms with Gasteiger partial charge in [-0.2, -0.15) is 0 Å². The van der Waals surface area contributed by atoms with Crippen LogP contribution in [0.3, 0.4) is 0 Å². The van der Waals surface area contributed by atoms with Gasteiger partial charge in [0, 0.05) is 12.1 Å². The molecule has 5 nitrogen and oxygen atoms in total. The highest BCUT2D eigenvalue weighted by Gasteiger charge is 2.23. The average Bonchev–Trinajstić information content (AvgIpc) is 3.19. The van der Waals surface area contributed by atoms with Gasteiger partial charge >= 0.3 is 0 Å². The van der Waals surface area contributed by atoms with Crippen molar-refractivity contribution in [3.63, 3.8) is 0 Å². The van der Waals surface area contributed by atoms with Crippen molar-refractivity contribution in [2.45, 2.75) is 76.5 Å². The molecule has 1 atom stereocenters. The molecule has 1 aliphatic rings. The summed E-state index contributed by atoms with van der Waals surface area (Å²) in [6.45, 7) is 6.43. The average molecular weight is 402 g/mol. The Morgan fingerprint density at radius 1 is 1.21 bits per heavy atom. The summed E-state index contributed by atoms with van der Waals surface area (Å²) in [5.74, 6) is 0.918. The Labute approximate surface area is 171 Å². The van der Waals surface area contributed by atoms with E-state index in [4.69, 9.17) is 4.98 Å². The Morgan fingerprint density at radius 3 is 2.64 bits per heavy atom. The van der Waals surface area contributed by atoms with Crippen molar-refractivity contribution < 1.29 is 4.79 Å². The molecule has 0 saturated heterocycles. The van der Waals surface area contributed by atoms with Gasteiger partial charge in [-0.15, -0.1) is 0 Å². The topological polar surface area (TPSA) is 64.0 Å². The zero-order valence-corrected chi connectivity index (χ0v) is 17.9. The molecule has 0 radical (unpaired) electrons. The molecule has 1 heterocycles. The highest BCUT2D eigenvalue weighted by atomic mass is 32.2. The summed E-state index contributed by atoms with van der Waals surface area (Å²) in [6.07, 6.45) is 6.37. The summed E-state index contributed by atoms with van der Waals surface area (Å²) in [7, 11) is 0. The fourth-order valence-electron chi connectivity index (χ4n) is 3.81. The number of hydrogen-bond acceptors (Lipinski definition) is 4.